The first-order valence-corrected chi connectivity index (χ1v) is 10.8. The zero-order chi connectivity index (χ0) is 19.3. The Balaban J connectivity index is 1.54. The number of rotatable bonds is 7. The van der Waals surface area contributed by atoms with Crippen molar-refractivity contribution in [1.82, 2.24) is 20.2 Å². The number of nitrogens with one attached hydrogen (secondary N) is 2. The Morgan fingerprint density at radius 3 is 2.75 bits per heavy atom. The smallest absolute Gasteiger partial charge is 0.265 e. The van der Waals surface area contributed by atoms with Crippen LogP contribution in [0, 0.1) is 0 Å². The standard InChI is InChI=1S/C20H18N4O2S2/c1-27-17-10-21-20(22-19(17)25)28-12-15-18-14(23-24-15)8-5-9-16(18)26-11-13-6-3-2-4-7-13/h2-10H,11-12H2,1H3,(H,23,24)(H,21,22,25). The highest BCUT2D eigenvalue weighted by Gasteiger charge is 2.13. The van der Waals surface area contributed by atoms with Gasteiger partial charge >= 0.3 is 0 Å². The van der Waals surface area contributed by atoms with Crippen LogP contribution in [0.2, 0.25) is 0 Å². The molecule has 0 aliphatic carbocycles. The lowest BCUT2D eigenvalue weighted by Gasteiger charge is -2.08. The number of benzene rings is 2. The largest absolute Gasteiger partial charge is 0.488 e. The Kier molecular flexibility index (Phi) is 5.68. The van der Waals surface area contributed by atoms with Gasteiger partial charge in [-0.05, 0) is 24.0 Å². The van der Waals surface area contributed by atoms with Gasteiger partial charge < -0.3 is 9.72 Å². The van der Waals surface area contributed by atoms with Crippen LogP contribution in [0.15, 0.2) is 69.6 Å². The van der Waals surface area contributed by atoms with E-state index in [1.54, 1.807) is 6.20 Å². The van der Waals surface area contributed by atoms with Gasteiger partial charge in [-0.1, -0.05) is 48.2 Å². The van der Waals surface area contributed by atoms with Crippen LogP contribution in [0.25, 0.3) is 10.9 Å². The molecule has 28 heavy (non-hydrogen) atoms. The van der Waals surface area contributed by atoms with Crippen molar-refractivity contribution in [3.63, 3.8) is 0 Å². The Bertz CT molecular complexity index is 1140. The predicted molar refractivity (Wildman–Crippen MR) is 113 cm³/mol. The summed E-state index contributed by atoms with van der Waals surface area (Å²) in [6, 6.07) is 15.9. The molecular weight excluding hydrogens is 392 g/mol. The molecule has 0 saturated heterocycles. The first-order valence-electron chi connectivity index (χ1n) is 8.63. The van der Waals surface area contributed by atoms with Gasteiger partial charge in [0.15, 0.2) is 5.16 Å². The van der Waals surface area contributed by atoms with E-state index in [0.717, 1.165) is 27.9 Å². The number of aromatic nitrogens is 4. The lowest BCUT2D eigenvalue weighted by Crippen LogP contribution is -2.10. The number of thioether (sulfide) groups is 2. The second-order valence-corrected chi connectivity index (χ2v) is 7.81. The van der Waals surface area contributed by atoms with Crippen molar-refractivity contribution in [1.29, 1.82) is 0 Å². The second kappa shape index (κ2) is 8.53. The molecule has 2 aromatic heterocycles. The average Bonchev–Trinajstić information content (AvgIpc) is 3.15. The van der Waals surface area contributed by atoms with Crippen molar-refractivity contribution in [3.8, 4) is 5.75 Å². The normalized spacial score (nSPS) is 11.0. The highest BCUT2D eigenvalue weighted by atomic mass is 32.2. The van der Waals surface area contributed by atoms with Crippen LogP contribution in [0.1, 0.15) is 11.3 Å². The summed E-state index contributed by atoms with van der Waals surface area (Å²) in [7, 11) is 0. The Morgan fingerprint density at radius 1 is 1.11 bits per heavy atom. The van der Waals surface area contributed by atoms with Gasteiger partial charge in [0.05, 0.1) is 21.5 Å². The van der Waals surface area contributed by atoms with E-state index < -0.39 is 0 Å². The van der Waals surface area contributed by atoms with Crippen molar-refractivity contribution in [3.05, 3.63) is 76.3 Å². The predicted octanol–water partition coefficient (Wildman–Crippen LogP) is 4.24. The number of hydrogen-bond donors (Lipinski definition) is 2. The monoisotopic (exact) mass is 410 g/mol. The quantitative estimate of drug-likeness (QED) is 0.350. The van der Waals surface area contributed by atoms with Crippen LogP contribution in [0.5, 0.6) is 5.75 Å². The third kappa shape index (κ3) is 4.07. The second-order valence-electron chi connectivity index (χ2n) is 6.00. The fourth-order valence-corrected chi connectivity index (χ4v) is 3.96. The maximum atomic E-state index is 11.9. The first kappa shape index (κ1) is 18.6. The van der Waals surface area contributed by atoms with Gasteiger partial charge in [-0.3, -0.25) is 9.89 Å². The van der Waals surface area contributed by atoms with E-state index in [-0.39, 0.29) is 5.56 Å². The van der Waals surface area contributed by atoms with E-state index in [4.69, 9.17) is 4.74 Å². The molecule has 2 heterocycles. The SMILES string of the molecule is CSc1cnc(SCc2[nH]nc3cccc(OCc4ccccc4)c23)[nH]c1=O. The number of aromatic amines is 2. The average molecular weight is 411 g/mol. The summed E-state index contributed by atoms with van der Waals surface area (Å²) >= 11 is 2.83. The van der Waals surface area contributed by atoms with E-state index >= 15 is 0 Å². The van der Waals surface area contributed by atoms with Gasteiger partial charge in [0.25, 0.3) is 5.56 Å². The van der Waals surface area contributed by atoms with Crippen LogP contribution in [-0.2, 0) is 12.4 Å². The Labute approximate surface area is 170 Å². The van der Waals surface area contributed by atoms with E-state index in [9.17, 15) is 4.79 Å². The maximum absolute atomic E-state index is 11.9. The molecule has 0 atom stereocenters. The summed E-state index contributed by atoms with van der Waals surface area (Å²) in [6.07, 6.45) is 3.46. The van der Waals surface area contributed by atoms with Gasteiger partial charge in [-0.15, -0.1) is 11.8 Å². The molecule has 0 saturated carbocycles. The van der Waals surface area contributed by atoms with Gasteiger partial charge in [0.1, 0.15) is 12.4 Å². The van der Waals surface area contributed by atoms with Crippen molar-refractivity contribution in [2.24, 2.45) is 0 Å². The van der Waals surface area contributed by atoms with Crippen molar-refractivity contribution in [2.45, 2.75) is 22.4 Å². The molecule has 0 radical (unpaired) electrons. The van der Waals surface area contributed by atoms with Gasteiger partial charge in [0, 0.05) is 11.9 Å². The molecule has 0 unspecified atom stereocenters. The van der Waals surface area contributed by atoms with Crippen LogP contribution < -0.4 is 10.3 Å². The molecule has 2 aromatic carbocycles. The summed E-state index contributed by atoms with van der Waals surface area (Å²) in [4.78, 5) is 19.7. The minimum atomic E-state index is -0.119. The van der Waals surface area contributed by atoms with Crippen LogP contribution in [0.4, 0.5) is 0 Å². The molecule has 2 N–H and O–H groups in total. The summed E-state index contributed by atoms with van der Waals surface area (Å²) in [5, 5.41) is 8.99. The first-order chi connectivity index (χ1) is 13.7. The third-order valence-corrected chi connectivity index (χ3v) is 5.82. The van der Waals surface area contributed by atoms with Crippen LogP contribution in [0.3, 0.4) is 0 Å². The molecule has 0 fully saturated rings. The topological polar surface area (TPSA) is 83.7 Å². The van der Waals surface area contributed by atoms with Crippen LogP contribution >= 0.6 is 23.5 Å². The number of fused-ring (bicyclic) bond motifs is 1. The molecule has 4 rings (SSSR count). The summed E-state index contributed by atoms with van der Waals surface area (Å²) in [5.41, 5.74) is 2.77. The zero-order valence-electron chi connectivity index (χ0n) is 15.1. The molecule has 4 aromatic rings. The van der Waals surface area contributed by atoms with E-state index in [1.165, 1.54) is 23.5 Å². The fraction of sp³-hybridized carbons (Fsp3) is 0.150. The number of nitrogens with zero attached hydrogens (tertiary/aromatic N) is 2. The zero-order valence-corrected chi connectivity index (χ0v) is 16.8. The Morgan fingerprint density at radius 2 is 1.96 bits per heavy atom. The van der Waals surface area contributed by atoms with Crippen molar-refractivity contribution < 1.29 is 4.74 Å². The highest BCUT2D eigenvalue weighted by molar-refractivity contribution is 7.98. The molecule has 6 nitrogen and oxygen atoms in total. The molecule has 0 aliphatic rings. The molecule has 0 aliphatic heterocycles. The highest BCUT2D eigenvalue weighted by Crippen LogP contribution is 2.31. The molecule has 142 valence electrons. The number of ether oxygens (including phenoxy) is 1. The molecule has 0 spiro atoms. The van der Waals surface area contributed by atoms with Crippen molar-refractivity contribution in [2.75, 3.05) is 6.26 Å². The minimum Gasteiger partial charge on any atom is -0.488 e. The van der Waals surface area contributed by atoms with Crippen molar-refractivity contribution >= 4 is 34.4 Å². The van der Waals surface area contributed by atoms with E-state index in [2.05, 4.69) is 20.2 Å². The fourth-order valence-electron chi connectivity index (χ4n) is 2.79. The van der Waals surface area contributed by atoms with E-state index in [1.807, 2.05) is 54.8 Å². The number of hydrogen-bond acceptors (Lipinski definition) is 6. The van der Waals surface area contributed by atoms with Gasteiger partial charge in [-0.25, -0.2) is 4.98 Å². The van der Waals surface area contributed by atoms with Gasteiger partial charge in [-0.2, -0.15) is 5.10 Å². The molecular formula is C20H18N4O2S2. The lowest BCUT2D eigenvalue weighted by atomic mass is 10.2. The summed E-state index contributed by atoms with van der Waals surface area (Å²) < 4.78 is 6.06. The van der Waals surface area contributed by atoms with E-state index in [0.29, 0.717) is 22.4 Å². The molecule has 0 amide bonds. The maximum Gasteiger partial charge on any atom is 0.265 e. The Hall–Kier alpha value is -2.71. The lowest BCUT2D eigenvalue weighted by molar-refractivity contribution is 0.310. The molecule has 0 bridgehead atoms. The summed E-state index contributed by atoms with van der Waals surface area (Å²) in [6.45, 7) is 0.489. The molecule has 8 heteroatoms. The summed E-state index contributed by atoms with van der Waals surface area (Å²) in [5.74, 6) is 1.37. The van der Waals surface area contributed by atoms with Crippen LogP contribution in [-0.4, -0.2) is 26.4 Å². The third-order valence-electron chi connectivity index (χ3n) is 4.17. The minimum absolute atomic E-state index is 0.119. The number of H-pyrrole nitrogens is 2. The van der Waals surface area contributed by atoms with Gasteiger partial charge in [0.2, 0.25) is 0 Å².